The van der Waals surface area contributed by atoms with E-state index >= 15 is 0 Å². The first-order valence-electron chi connectivity index (χ1n) is 6.69. The molecule has 1 saturated heterocycles. The van der Waals surface area contributed by atoms with Crippen LogP contribution in [0.1, 0.15) is 40.0 Å². The molecule has 1 amide bonds. The van der Waals surface area contributed by atoms with Crippen molar-refractivity contribution in [3.05, 3.63) is 0 Å². The van der Waals surface area contributed by atoms with Crippen LogP contribution in [0.5, 0.6) is 0 Å². The quantitative estimate of drug-likeness (QED) is 0.698. The molecule has 1 aliphatic heterocycles. The van der Waals surface area contributed by atoms with Gasteiger partial charge in [0.15, 0.2) is 0 Å². The summed E-state index contributed by atoms with van der Waals surface area (Å²) in [5.41, 5.74) is 5.83. The zero-order chi connectivity index (χ0) is 12.9. The van der Waals surface area contributed by atoms with Gasteiger partial charge in [0.25, 0.3) is 0 Å². The normalized spacial score (nSPS) is 21.6. The highest BCUT2D eigenvalue weighted by Gasteiger charge is 2.29. The zero-order valence-electron chi connectivity index (χ0n) is 11.5. The second-order valence-electron chi connectivity index (χ2n) is 5.89. The average Bonchev–Trinajstić information content (AvgIpc) is 2.58. The number of carbonyl (C=O) groups is 1. The molecule has 0 bridgehead atoms. The Bertz CT molecular complexity index is 253. The number of carbonyl (C=O) groups excluding carboxylic acids is 1. The number of nitrogens with one attached hydrogen (secondary N) is 1. The molecule has 1 heterocycles. The van der Waals surface area contributed by atoms with Crippen molar-refractivity contribution < 1.29 is 4.79 Å². The van der Waals surface area contributed by atoms with Crippen LogP contribution in [0.25, 0.3) is 0 Å². The van der Waals surface area contributed by atoms with Crippen molar-refractivity contribution in [1.82, 2.24) is 10.2 Å². The molecule has 3 N–H and O–H groups in total. The Balaban J connectivity index is 2.29. The molecule has 1 unspecified atom stereocenters. The molecule has 1 rings (SSSR count). The number of primary amides is 1. The standard InChI is InChI=1S/C13H27N3O/c1-4-7-15-11(12(14)17)5-8-16-9-6-13(2,3)10-16/h11,15H,4-10H2,1-3H3,(H2,14,17). The van der Waals surface area contributed by atoms with Crippen molar-refractivity contribution in [2.75, 3.05) is 26.2 Å². The first-order chi connectivity index (χ1) is 7.94. The van der Waals surface area contributed by atoms with Crippen LogP contribution in [-0.4, -0.2) is 43.0 Å². The van der Waals surface area contributed by atoms with Gasteiger partial charge >= 0.3 is 0 Å². The number of amides is 1. The fourth-order valence-corrected chi connectivity index (χ4v) is 2.39. The van der Waals surface area contributed by atoms with Crippen LogP contribution in [-0.2, 0) is 4.79 Å². The molecule has 4 heteroatoms. The molecule has 0 aromatic rings. The summed E-state index contributed by atoms with van der Waals surface area (Å²) in [6.07, 6.45) is 3.10. The zero-order valence-corrected chi connectivity index (χ0v) is 11.5. The maximum Gasteiger partial charge on any atom is 0.234 e. The van der Waals surface area contributed by atoms with Crippen LogP contribution in [0.4, 0.5) is 0 Å². The van der Waals surface area contributed by atoms with Gasteiger partial charge in [-0.15, -0.1) is 0 Å². The van der Waals surface area contributed by atoms with Gasteiger partial charge in [-0.3, -0.25) is 4.79 Å². The van der Waals surface area contributed by atoms with Gasteiger partial charge in [-0.25, -0.2) is 0 Å². The van der Waals surface area contributed by atoms with Crippen molar-refractivity contribution in [1.29, 1.82) is 0 Å². The molecule has 0 radical (unpaired) electrons. The molecule has 17 heavy (non-hydrogen) atoms. The van der Waals surface area contributed by atoms with E-state index in [4.69, 9.17) is 5.73 Å². The van der Waals surface area contributed by atoms with Crippen molar-refractivity contribution in [2.45, 2.75) is 46.1 Å². The predicted octanol–water partition coefficient (Wildman–Crippen LogP) is 0.962. The lowest BCUT2D eigenvalue weighted by Crippen LogP contribution is -2.43. The van der Waals surface area contributed by atoms with Crippen LogP contribution in [0.3, 0.4) is 0 Å². The highest BCUT2D eigenvalue weighted by atomic mass is 16.1. The minimum atomic E-state index is -0.225. The molecule has 0 aliphatic carbocycles. The van der Waals surface area contributed by atoms with Crippen molar-refractivity contribution in [3.63, 3.8) is 0 Å². The fourth-order valence-electron chi connectivity index (χ4n) is 2.39. The summed E-state index contributed by atoms with van der Waals surface area (Å²) < 4.78 is 0. The van der Waals surface area contributed by atoms with Crippen LogP contribution >= 0.6 is 0 Å². The number of nitrogens with two attached hydrogens (primary N) is 1. The lowest BCUT2D eigenvalue weighted by atomic mass is 9.93. The van der Waals surface area contributed by atoms with E-state index in [1.807, 2.05) is 0 Å². The van der Waals surface area contributed by atoms with E-state index in [1.165, 1.54) is 6.42 Å². The smallest absolute Gasteiger partial charge is 0.234 e. The van der Waals surface area contributed by atoms with Crippen LogP contribution in [0.2, 0.25) is 0 Å². The van der Waals surface area contributed by atoms with E-state index in [0.29, 0.717) is 5.41 Å². The van der Waals surface area contributed by atoms with Crippen LogP contribution in [0, 0.1) is 5.41 Å². The summed E-state index contributed by atoms with van der Waals surface area (Å²) >= 11 is 0. The van der Waals surface area contributed by atoms with Gasteiger partial charge in [0.2, 0.25) is 5.91 Å². The first-order valence-corrected chi connectivity index (χ1v) is 6.69. The van der Waals surface area contributed by atoms with Gasteiger partial charge in [0.05, 0.1) is 6.04 Å². The minimum Gasteiger partial charge on any atom is -0.368 e. The van der Waals surface area contributed by atoms with E-state index in [2.05, 4.69) is 31.0 Å². The molecule has 0 aromatic carbocycles. The van der Waals surface area contributed by atoms with Crippen molar-refractivity contribution in [3.8, 4) is 0 Å². The van der Waals surface area contributed by atoms with E-state index in [0.717, 1.165) is 39.0 Å². The Kier molecular flexibility index (Phi) is 5.40. The highest BCUT2D eigenvalue weighted by molar-refractivity contribution is 5.79. The SMILES string of the molecule is CCCNC(CCN1CCC(C)(C)C1)C(N)=O. The van der Waals surface area contributed by atoms with Gasteiger partial charge in [-0.1, -0.05) is 20.8 Å². The first kappa shape index (κ1) is 14.5. The summed E-state index contributed by atoms with van der Waals surface area (Å²) in [5, 5.41) is 3.21. The minimum absolute atomic E-state index is 0.168. The van der Waals surface area contributed by atoms with Crippen LogP contribution < -0.4 is 11.1 Å². The second kappa shape index (κ2) is 6.36. The van der Waals surface area contributed by atoms with E-state index in [9.17, 15) is 4.79 Å². The predicted molar refractivity (Wildman–Crippen MR) is 70.7 cm³/mol. The Morgan fingerprint density at radius 3 is 2.71 bits per heavy atom. The lowest BCUT2D eigenvalue weighted by molar-refractivity contribution is -0.120. The number of hydrogen-bond acceptors (Lipinski definition) is 3. The Morgan fingerprint density at radius 1 is 1.53 bits per heavy atom. The Hall–Kier alpha value is -0.610. The maximum atomic E-state index is 11.3. The molecule has 1 atom stereocenters. The third kappa shape index (κ3) is 5.04. The summed E-state index contributed by atoms with van der Waals surface area (Å²) in [6.45, 7) is 10.8. The largest absolute Gasteiger partial charge is 0.368 e. The monoisotopic (exact) mass is 241 g/mol. The molecular weight excluding hydrogens is 214 g/mol. The number of hydrogen-bond donors (Lipinski definition) is 2. The summed E-state index contributed by atoms with van der Waals surface area (Å²) in [6, 6.07) is -0.168. The van der Waals surface area contributed by atoms with E-state index in [-0.39, 0.29) is 11.9 Å². The van der Waals surface area contributed by atoms with Crippen molar-refractivity contribution >= 4 is 5.91 Å². The van der Waals surface area contributed by atoms with Gasteiger partial charge in [-0.05, 0) is 37.8 Å². The third-order valence-electron chi connectivity index (χ3n) is 3.47. The Morgan fingerprint density at radius 2 is 2.24 bits per heavy atom. The molecular formula is C13H27N3O. The summed E-state index contributed by atoms with van der Waals surface area (Å²) in [4.78, 5) is 13.7. The van der Waals surface area contributed by atoms with Gasteiger partial charge in [-0.2, -0.15) is 0 Å². The van der Waals surface area contributed by atoms with Gasteiger partial charge in [0.1, 0.15) is 0 Å². The molecule has 100 valence electrons. The Labute approximate surface area is 105 Å². The fraction of sp³-hybridized carbons (Fsp3) is 0.923. The molecule has 0 spiro atoms. The lowest BCUT2D eigenvalue weighted by Gasteiger charge is -2.22. The van der Waals surface area contributed by atoms with E-state index < -0.39 is 0 Å². The second-order valence-corrected chi connectivity index (χ2v) is 5.89. The molecule has 1 fully saturated rings. The highest BCUT2D eigenvalue weighted by Crippen LogP contribution is 2.28. The summed E-state index contributed by atoms with van der Waals surface area (Å²) in [5.74, 6) is -0.225. The summed E-state index contributed by atoms with van der Waals surface area (Å²) in [7, 11) is 0. The molecule has 1 aliphatic rings. The maximum absolute atomic E-state index is 11.3. The number of likely N-dealkylation sites (tertiary alicyclic amines) is 1. The molecule has 0 aromatic heterocycles. The average molecular weight is 241 g/mol. The molecule has 0 saturated carbocycles. The number of nitrogens with zero attached hydrogens (tertiary/aromatic N) is 1. The number of rotatable bonds is 7. The van der Waals surface area contributed by atoms with Gasteiger partial charge < -0.3 is 16.0 Å². The third-order valence-corrected chi connectivity index (χ3v) is 3.47. The van der Waals surface area contributed by atoms with E-state index in [1.54, 1.807) is 0 Å². The van der Waals surface area contributed by atoms with Crippen LogP contribution in [0.15, 0.2) is 0 Å². The molecule has 4 nitrogen and oxygen atoms in total. The van der Waals surface area contributed by atoms with Crippen molar-refractivity contribution in [2.24, 2.45) is 11.1 Å². The van der Waals surface area contributed by atoms with Gasteiger partial charge in [0, 0.05) is 13.1 Å². The topological polar surface area (TPSA) is 58.4 Å².